The summed E-state index contributed by atoms with van der Waals surface area (Å²) >= 11 is 5.29. The monoisotopic (exact) mass is 376 g/mol. The number of hydrogen-bond donors (Lipinski definition) is 0. The first-order valence-corrected chi connectivity index (χ1v) is 9.24. The Morgan fingerprint density at radius 1 is 1.32 bits per heavy atom. The van der Waals surface area contributed by atoms with Crippen molar-refractivity contribution in [2.24, 2.45) is 5.10 Å². The first-order chi connectivity index (χ1) is 10.8. The third-order valence-electron chi connectivity index (χ3n) is 4.17. The standard InChI is InChI=1S/C17H17BrN2OS/c1-2-5-17-20-13(11-6-3-4-7-14(11)21-17)10-12(19-20)15-8-9-16(18)22-15/h3-4,6-9,13,17H,2,5,10H2,1H3/t13-,17+/m0/s1. The number of halogens is 1. The SMILES string of the molecule is CCC[C@H]1Oc2ccccc2[C@@H]2CC(c3ccc(Br)s3)=NN12. The third kappa shape index (κ3) is 2.36. The summed E-state index contributed by atoms with van der Waals surface area (Å²) in [7, 11) is 0. The van der Waals surface area contributed by atoms with Crippen LogP contribution in [-0.4, -0.2) is 16.9 Å². The van der Waals surface area contributed by atoms with Crippen LogP contribution in [0.2, 0.25) is 0 Å². The van der Waals surface area contributed by atoms with Gasteiger partial charge in [-0.3, -0.25) is 5.01 Å². The van der Waals surface area contributed by atoms with Gasteiger partial charge in [0.25, 0.3) is 0 Å². The number of para-hydroxylation sites is 1. The average Bonchev–Trinajstić information content (AvgIpc) is 3.14. The summed E-state index contributed by atoms with van der Waals surface area (Å²) in [4.78, 5) is 1.24. The molecule has 0 aliphatic carbocycles. The van der Waals surface area contributed by atoms with E-state index in [0.29, 0.717) is 6.04 Å². The van der Waals surface area contributed by atoms with Crippen molar-refractivity contribution in [1.82, 2.24) is 5.01 Å². The molecule has 4 rings (SSSR count). The summed E-state index contributed by atoms with van der Waals surface area (Å²) < 4.78 is 7.34. The Hall–Kier alpha value is -1.33. The maximum Gasteiger partial charge on any atom is 0.187 e. The molecular weight excluding hydrogens is 360 g/mol. The molecule has 22 heavy (non-hydrogen) atoms. The van der Waals surface area contributed by atoms with Crippen molar-refractivity contribution in [1.29, 1.82) is 0 Å². The third-order valence-corrected chi connectivity index (χ3v) is 5.84. The van der Waals surface area contributed by atoms with Gasteiger partial charge in [-0.15, -0.1) is 11.3 Å². The molecule has 0 unspecified atom stereocenters. The lowest BCUT2D eigenvalue weighted by atomic mass is 9.98. The Balaban J connectivity index is 1.72. The van der Waals surface area contributed by atoms with Crippen molar-refractivity contribution in [3.8, 4) is 5.75 Å². The molecule has 3 heterocycles. The molecule has 0 fully saturated rings. The van der Waals surface area contributed by atoms with Gasteiger partial charge in [0.2, 0.25) is 0 Å². The van der Waals surface area contributed by atoms with Gasteiger partial charge >= 0.3 is 0 Å². The molecule has 2 atom stereocenters. The molecule has 2 aliphatic heterocycles. The highest BCUT2D eigenvalue weighted by molar-refractivity contribution is 9.11. The normalized spacial score (nSPS) is 22.8. The molecule has 3 nitrogen and oxygen atoms in total. The Bertz CT molecular complexity index is 727. The summed E-state index contributed by atoms with van der Waals surface area (Å²) in [6.07, 6.45) is 3.08. The van der Waals surface area contributed by atoms with E-state index >= 15 is 0 Å². The number of hydrogen-bond acceptors (Lipinski definition) is 4. The van der Waals surface area contributed by atoms with E-state index < -0.39 is 0 Å². The van der Waals surface area contributed by atoms with Gasteiger partial charge in [0.1, 0.15) is 5.75 Å². The Morgan fingerprint density at radius 2 is 2.18 bits per heavy atom. The second kappa shape index (κ2) is 5.70. The van der Waals surface area contributed by atoms with E-state index in [4.69, 9.17) is 9.84 Å². The lowest BCUT2D eigenvalue weighted by molar-refractivity contribution is -0.0223. The molecule has 0 bridgehead atoms. The van der Waals surface area contributed by atoms with Gasteiger partial charge in [0.05, 0.1) is 20.4 Å². The second-order valence-corrected chi connectivity index (χ2v) is 8.11. The number of benzene rings is 1. The van der Waals surface area contributed by atoms with E-state index in [0.717, 1.165) is 28.8 Å². The molecular formula is C17H17BrN2OS. The fraction of sp³-hybridized carbons (Fsp3) is 0.353. The van der Waals surface area contributed by atoms with Gasteiger partial charge in [-0.25, -0.2) is 0 Å². The smallest absolute Gasteiger partial charge is 0.187 e. The molecule has 0 saturated carbocycles. The van der Waals surface area contributed by atoms with Gasteiger partial charge in [-0.05, 0) is 34.1 Å². The van der Waals surface area contributed by atoms with Gasteiger partial charge in [-0.1, -0.05) is 31.5 Å². The molecule has 114 valence electrons. The maximum absolute atomic E-state index is 6.19. The van der Waals surface area contributed by atoms with Gasteiger partial charge in [-0.2, -0.15) is 5.10 Å². The Labute approximate surface area is 142 Å². The molecule has 0 N–H and O–H groups in total. The first-order valence-electron chi connectivity index (χ1n) is 7.63. The van der Waals surface area contributed by atoms with E-state index in [1.807, 2.05) is 6.07 Å². The minimum Gasteiger partial charge on any atom is -0.469 e. The molecule has 1 aromatic carbocycles. The van der Waals surface area contributed by atoms with E-state index in [1.54, 1.807) is 11.3 Å². The molecule has 0 saturated heterocycles. The lowest BCUT2D eigenvalue weighted by Crippen LogP contribution is -2.40. The van der Waals surface area contributed by atoms with E-state index in [2.05, 4.69) is 58.2 Å². The Morgan fingerprint density at radius 3 is 2.95 bits per heavy atom. The second-order valence-electron chi connectivity index (χ2n) is 5.65. The van der Waals surface area contributed by atoms with Crippen molar-refractivity contribution in [2.45, 2.75) is 38.5 Å². The highest BCUT2D eigenvalue weighted by Gasteiger charge is 2.39. The number of thiophene rings is 1. The van der Waals surface area contributed by atoms with Crippen molar-refractivity contribution in [3.63, 3.8) is 0 Å². The summed E-state index contributed by atoms with van der Waals surface area (Å²) in [6, 6.07) is 12.9. The summed E-state index contributed by atoms with van der Waals surface area (Å²) in [6.45, 7) is 2.19. The van der Waals surface area contributed by atoms with Crippen molar-refractivity contribution >= 4 is 33.0 Å². The molecule has 5 heteroatoms. The molecule has 2 aromatic rings. The van der Waals surface area contributed by atoms with Crippen molar-refractivity contribution < 1.29 is 4.74 Å². The first kappa shape index (κ1) is 14.3. The topological polar surface area (TPSA) is 24.8 Å². The van der Waals surface area contributed by atoms with Crippen LogP contribution < -0.4 is 4.74 Å². The highest BCUT2D eigenvalue weighted by Crippen LogP contribution is 2.44. The predicted molar refractivity (Wildman–Crippen MR) is 93.5 cm³/mol. The minimum atomic E-state index is 0.0470. The molecule has 2 aliphatic rings. The quantitative estimate of drug-likeness (QED) is 0.736. The zero-order valence-corrected chi connectivity index (χ0v) is 14.7. The fourth-order valence-electron chi connectivity index (χ4n) is 3.17. The van der Waals surface area contributed by atoms with Crippen LogP contribution in [0, 0.1) is 0 Å². The summed E-state index contributed by atoms with van der Waals surface area (Å²) in [5.74, 6) is 1.02. The van der Waals surface area contributed by atoms with Crippen molar-refractivity contribution in [2.75, 3.05) is 0 Å². The zero-order valence-electron chi connectivity index (χ0n) is 12.3. The summed E-state index contributed by atoms with van der Waals surface area (Å²) in [5.41, 5.74) is 2.42. The zero-order chi connectivity index (χ0) is 15.1. The van der Waals surface area contributed by atoms with E-state index in [9.17, 15) is 0 Å². The van der Waals surface area contributed by atoms with Crippen LogP contribution in [0.1, 0.15) is 42.7 Å². The highest BCUT2D eigenvalue weighted by atomic mass is 79.9. The Kier molecular flexibility index (Phi) is 3.70. The molecule has 0 radical (unpaired) electrons. The number of hydrazone groups is 1. The van der Waals surface area contributed by atoms with Crippen LogP contribution in [0.5, 0.6) is 5.75 Å². The van der Waals surface area contributed by atoms with Crippen LogP contribution >= 0.6 is 27.3 Å². The molecule has 0 amide bonds. The van der Waals surface area contributed by atoms with Crippen molar-refractivity contribution in [3.05, 3.63) is 50.6 Å². The van der Waals surface area contributed by atoms with E-state index in [1.165, 1.54) is 16.2 Å². The van der Waals surface area contributed by atoms with Crippen LogP contribution in [0.3, 0.4) is 0 Å². The molecule has 1 aromatic heterocycles. The number of fused-ring (bicyclic) bond motifs is 3. The average molecular weight is 377 g/mol. The fourth-order valence-corrected chi connectivity index (χ4v) is 4.54. The minimum absolute atomic E-state index is 0.0470. The van der Waals surface area contributed by atoms with Crippen LogP contribution in [-0.2, 0) is 0 Å². The van der Waals surface area contributed by atoms with E-state index in [-0.39, 0.29) is 6.23 Å². The predicted octanol–water partition coefficient (Wildman–Crippen LogP) is 5.18. The van der Waals surface area contributed by atoms with Gasteiger partial charge in [0.15, 0.2) is 6.23 Å². The summed E-state index contributed by atoms with van der Waals surface area (Å²) in [5, 5.41) is 7.08. The molecule has 0 spiro atoms. The largest absolute Gasteiger partial charge is 0.469 e. The van der Waals surface area contributed by atoms with Crippen LogP contribution in [0.15, 0.2) is 45.3 Å². The van der Waals surface area contributed by atoms with Gasteiger partial charge in [0, 0.05) is 18.4 Å². The maximum atomic E-state index is 6.19. The van der Waals surface area contributed by atoms with Crippen LogP contribution in [0.25, 0.3) is 0 Å². The number of rotatable bonds is 3. The number of ether oxygens (including phenoxy) is 1. The van der Waals surface area contributed by atoms with Gasteiger partial charge < -0.3 is 4.74 Å². The van der Waals surface area contributed by atoms with Crippen LogP contribution in [0.4, 0.5) is 0 Å². The number of nitrogens with zero attached hydrogens (tertiary/aromatic N) is 2. The lowest BCUT2D eigenvalue weighted by Gasteiger charge is -2.38.